The van der Waals surface area contributed by atoms with Crippen molar-refractivity contribution in [1.29, 1.82) is 0 Å². The highest BCUT2D eigenvalue weighted by Gasteiger charge is 2.32. The molecule has 1 fully saturated rings. The number of hydrogen-bond donors (Lipinski definition) is 0. The van der Waals surface area contributed by atoms with Gasteiger partial charge in [0.1, 0.15) is 5.75 Å². The molecule has 0 spiro atoms. The van der Waals surface area contributed by atoms with Crippen molar-refractivity contribution in [2.75, 3.05) is 22.4 Å². The third-order valence-electron chi connectivity index (χ3n) is 6.03. The molecule has 2 aromatic carbocycles. The van der Waals surface area contributed by atoms with E-state index >= 15 is 0 Å². The molecule has 1 aromatic heterocycles. The molecule has 1 saturated carbocycles. The van der Waals surface area contributed by atoms with Crippen molar-refractivity contribution < 1.29 is 22.5 Å². The molecular formula is C23H24N4O5S. The Morgan fingerprint density at radius 1 is 1.15 bits per heavy atom. The Morgan fingerprint density at radius 2 is 1.94 bits per heavy atom. The van der Waals surface area contributed by atoms with Crippen LogP contribution in [0.1, 0.15) is 43.8 Å². The molecule has 0 unspecified atom stereocenters. The van der Waals surface area contributed by atoms with Gasteiger partial charge in [-0.25, -0.2) is 8.42 Å². The minimum Gasteiger partial charge on any atom is -0.482 e. The predicted octanol–water partition coefficient (Wildman–Crippen LogP) is 3.48. The quantitative estimate of drug-likeness (QED) is 0.523. The number of fused-ring (bicyclic) bond motifs is 1. The standard InChI is InChI=1S/C23H24N4O5S/c1-2-27(17-9-4-3-5-10-17)33(29,30)18-11-12-20-19(13-18)26(22(28)15-31-20)14-21-24-23(32-25-21)16-7-6-8-16/h3-5,9-13,16H,2,6-8,14-15H2,1H3. The van der Waals surface area contributed by atoms with Crippen molar-refractivity contribution in [2.24, 2.45) is 0 Å². The van der Waals surface area contributed by atoms with Gasteiger partial charge in [0.05, 0.1) is 22.8 Å². The molecule has 2 heterocycles. The van der Waals surface area contributed by atoms with Gasteiger partial charge in [0, 0.05) is 12.5 Å². The van der Waals surface area contributed by atoms with E-state index in [-0.39, 0.29) is 36.4 Å². The molecule has 0 radical (unpaired) electrons. The minimum absolute atomic E-state index is 0.0681. The van der Waals surface area contributed by atoms with Crippen molar-refractivity contribution in [3.63, 3.8) is 0 Å². The maximum atomic E-state index is 13.5. The van der Waals surface area contributed by atoms with Gasteiger partial charge in [-0.2, -0.15) is 4.98 Å². The number of carbonyl (C=O) groups excluding carboxylic acids is 1. The van der Waals surface area contributed by atoms with E-state index in [2.05, 4.69) is 10.1 Å². The molecule has 33 heavy (non-hydrogen) atoms. The molecule has 1 aliphatic heterocycles. The minimum atomic E-state index is -3.86. The second kappa shape index (κ2) is 8.51. The fourth-order valence-electron chi connectivity index (χ4n) is 4.02. The molecule has 2 aliphatic rings. The first-order valence-corrected chi connectivity index (χ1v) is 12.4. The molecule has 9 nitrogen and oxygen atoms in total. The van der Waals surface area contributed by atoms with E-state index in [4.69, 9.17) is 9.26 Å². The SMILES string of the molecule is CCN(c1ccccc1)S(=O)(=O)c1ccc2c(c1)N(Cc1noc(C3CCC3)n1)C(=O)CO2. The Bertz CT molecular complexity index is 1270. The summed E-state index contributed by atoms with van der Waals surface area (Å²) in [5.74, 6) is 1.39. The zero-order valence-corrected chi connectivity index (χ0v) is 19.0. The van der Waals surface area contributed by atoms with E-state index in [9.17, 15) is 13.2 Å². The monoisotopic (exact) mass is 468 g/mol. The molecule has 172 valence electrons. The Morgan fingerprint density at radius 3 is 2.64 bits per heavy atom. The number of amides is 1. The van der Waals surface area contributed by atoms with E-state index in [0.717, 1.165) is 19.3 Å². The smallest absolute Gasteiger partial charge is 0.265 e. The number of ether oxygens (including phenoxy) is 1. The highest BCUT2D eigenvalue weighted by molar-refractivity contribution is 7.92. The van der Waals surface area contributed by atoms with Crippen molar-refractivity contribution in [2.45, 2.75) is 43.5 Å². The molecule has 0 N–H and O–H groups in total. The molecule has 5 rings (SSSR count). The summed E-state index contributed by atoms with van der Waals surface area (Å²) in [6, 6.07) is 13.4. The zero-order chi connectivity index (χ0) is 23.0. The van der Waals surface area contributed by atoms with Crippen LogP contribution in [0, 0.1) is 0 Å². The van der Waals surface area contributed by atoms with Crippen molar-refractivity contribution in [1.82, 2.24) is 10.1 Å². The molecular weight excluding hydrogens is 444 g/mol. The first-order valence-electron chi connectivity index (χ1n) is 10.9. The number of aromatic nitrogens is 2. The van der Waals surface area contributed by atoms with Gasteiger partial charge < -0.3 is 9.26 Å². The second-order valence-electron chi connectivity index (χ2n) is 8.08. The molecule has 1 amide bonds. The number of sulfonamides is 1. The lowest BCUT2D eigenvalue weighted by Crippen LogP contribution is -2.39. The lowest BCUT2D eigenvalue weighted by molar-refractivity contribution is -0.121. The highest BCUT2D eigenvalue weighted by Crippen LogP contribution is 2.37. The van der Waals surface area contributed by atoms with Crippen LogP contribution in [-0.2, 0) is 21.4 Å². The number of anilines is 2. The number of benzene rings is 2. The van der Waals surface area contributed by atoms with Crippen LogP contribution in [0.3, 0.4) is 0 Å². The maximum absolute atomic E-state index is 13.5. The number of para-hydroxylation sites is 1. The largest absolute Gasteiger partial charge is 0.482 e. The van der Waals surface area contributed by atoms with Crippen LogP contribution >= 0.6 is 0 Å². The predicted molar refractivity (Wildman–Crippen MR) is 121 cm³/mol. The topological polar surface area (TPSA) is 106 Å². The van der Waals surface area contributed by atoms with E-state index in [1.165, 1.54) is 21.3 Å². The van der Waals surface area contributed by atoms with Crippen molar-refractivity contribution in [3.05, 3.63) is 60.2 Å². The summed E-state index contributed by atoms with van der Waals surface area (Å²) in [4.78, 5) is 18.7. The first-order chi connectivity index (χ1) is 16.0. The van der Waals surface area contributed by atoms with Gasteiger partial charge in [-0.1, -0.05) is 29.8 Å². The van der Waals surface area contributed by atoms with Crippen molar-refractivity contribution >= 4 is 27.3 Å². The van der Waals surface area contributed by atoms with Gasteiger partial charge >= 0.3 is 0 Å². The number of carbonyl (C=O) groups is 1. The summed E-state index contributed by atoms with van der Waals surface area (Å²) in [6.45, 7) is 1.97. The Hall–Kier alpha value is -3.40. The first kappa shape index (κ1) is 21.4. The summed E-state index contributed by atoms with van der Waals surface area (Å²) in [7, 11) is -3.86. The van der Waals surface area contributed by atoms with E-state index in [1.54, 1.807) is 37.3 Å². The van der Waals surface area contributed by atoms with Gasteiger partial charge in [-0.05, 0) is 50.1 Å². The summed E-state index contributed by atoms with van der Waals surface area (Å²) >= 11 is 0. The lowest BCUT2D eigenvalue weighted by Gasteiger charge is -2.29. The fourth-order valence-corrected chi connectivity index (χ4v) is 5.52. The van der Waals surface area contributed by atoms with Gasteiger partial charge in [-0.3, -0.25) is 14.0 Å². The summed E-state index contributed by atoms with van der Waals surface area (Å²) in [5, 5.41) is 4.03. The van der Waals surface area contributed by atoms with Crippen LogP contribution in [0.25, 0.3) is 0 Å². The van der Waals surface area contributed by atoms with Crippen LogP contribution in [0.4, 0.5) is 11.4 Å². The van der Waals surface area contributed by atoms with E-state index < -0.39 is 10.0 Å². The van der Waals surface area contributed by atoms with Crippen LogP contribution in [0.5, 0.6) is 5.75 Å². The average Bonchev–Trinajstić information content (AvgIpc) is 3.23. The molecule has 3 aromatic rings. The number of nitrogens with zero attached hydrogens (tertiary/aromatic N) is 4. The Balaban J connectivity index is 1.47. The zero-order valence-electron chi connectivity index (χ0n) is 18.2. The summed E-state index contributed by atoms with van der Waals surface area (Å²) < 4.78 is 39.2. The van der Waals surface area contributed by atoms with Crippen LogP contribution in [0.2, 0.25) is 0 Å². The van der Waals surface area contributed by atoms with Gasteiger partial charge in [0.25, 0.3) is 15.9 Å². The lowest BCUT2D eigenvalue weighted by atomic mass is 9.85. The molecule has 0 atom stereocenters. The summed E-state index contributed by atoms with van der Waals surface area (Å²) in [5.41, 5.74) is 0.934. The maximum Gasteiger partial charge on any atom is 0.265 e. The Kier molecular flexibility index (Phi) is 5.53. The second-order valence-corrected chi connectivity index (χ2v) is 9.94. The van der Waals surface area contributed by atoms with Gasteiger partial charge in [0.2, 0.25) is 5.89 Å². The van der Waals surface area contributed by atoms with Gasteiger partial charge in [0.15, 0.2) is 12.4 Å². The van der Waals surface area contributed by atoms with E-state index in [0.29, 0.717) is 28.8 Å². The van der Waals surface area contributed by atoms with E-state index in [1.807, 2.05) is 6.07 Å². The van der Waals surface area contributed by atoms with Crippen LogP contribution < -0.4 is 13.9 Å². The highest BCUT2D eigenvalue weighted by atomic mass is 32.2. The fraction of sp³-hybridized carbons (Fsp3) is 0.348. The number of hydrogen-bond acceptors (Lipinski definition) is 7. The third kappa shape index (κ3) is 3.95. The van der Waals surface area contributed by atoms with Crippen LogP contribution in [0.15, 0.2) is 57.9 Å². The molecule has 0 bridgehead atoms. The number of rotatable bonds is 7. The van der Waals surface area contributed by atoms with Gasteiger partial charge in [-0.15, -0.1) is 0 Å². The molecule has 10 heteroatoms. The Labute approximate surface area is 192 Å². The third-order valence-corrected chi connectivity index (χ3v) is 7.93. The normalized spacial score (nSPS) is 16.2. The molecule has 0 saturated heterocycles. The van der Waals surface area contributed by atoms with Crippen molar-refractivity contribution in [3.8, 4) is 5.75 Å². The van der Waals surface area contributed by atoms with Crippen LogP contribution in [-0.4, -0.2) is 37.6 Å². The molecule has 1 aliphatic carbocycles. The summed E-state index contributed by atoms with van der Waals surface area (Å²) in [6.07, 6.45) is 3.20. The average molecular weight is 469 g/mol.